The number of hydrogen-bond donors (Lipinski definition) is 3. The second kappa shape index (κ2) is 7.82. The number of carbonyl (C=O) groups is 1. The number of amidine groups is 1. The smallest absolute Gasteiger partial charge is 0.261 e. The highest BCUT2D eigenvalue weighted by Crippen LogP contribution is 2.36. The van der Waals surface area contributed by atoms with Crippen LogP contribution in [0.1, 0.15) is 33.1 Å². The van der Waals surface area contributed by atoms with E-state index in [9.17, 15) is 4.79 Å². The lowest BCUT2D eigenvalue weighted by atomic mass is 9.96. The van der Waals surface area contributed by atoms with Crippen LogP contribution in [0.2, 0.25) is 0 Å². The molecule has 7 heteroatoms. The summed E-state index contributed by atoms with van der Waals surface area (Å²) in [5.41, 5.74) is 8.20. The van der Waals surface area contributed by atoms with Crippen LogP contribution < -0.4 is 15.8 Å². The molecule has 28 heavy (non-hydrogen) atoms. The van der Waals surface area contributed by atoms with Crippen molar-refractivity contribution in [3.63, 3.8) is 0 Å². The van der Waals surface area contributed by atoms with Crippen molar-refractivity contribution >= 4 is 23.1 Å². The molecule has 1 aromatic carbocycles. The number of pyridine rings is 1. The van der Waals surface area contributed by atoms with Crippen LogP contribution in [0.4, 0.5) is 0 Å². The van der Waals surface area contributed by atoms with Gasteiger partial charge < -0.3 is 15.8 Å². The molecule has 1 atom stereocenters. The minimum atomic E-state index is -0.0798. The van der Waals surface area contributed by atoms with Crippen molar-refractivity contribution in [2.24, 2.45) is 5.73 Å². The topological polar surface area (TPSA) is 101 Å². The fraction of sp³-hybridized carbons (Fsp3) is 0.190. The van der Waals surface area contributed by atoms with Gasteiger partial charge in [-0.25, -0.2) is 0 Å². The third-order valence-corrected chi connectivity index (χ3v) is 5.83. The Morgan fingerprint density at radius 1 is 1.29 bits per heavy atom. The van der Waals surface area contributed by atoms with E-state index >= 15 is 0 Å². The molecule has 0 bridgehead atoms. The van der Waals surface area contributed by atoms with Gasteiger partial charge in [-0.1, -0.05) is 6.07 Å². The molecule has 1 unspecified atom stereocenters. The van der Waals surface area contributed by atoms with Crippen molar-refractivity contribution in [2.45, 2.75) is 12.3 Å². The van der Waals surface area contributed by atoms with Gasteiger partial charge in [0.05, 0.1) is 22.1 Å². The second-order valence-electron chi connectivity index (χ2n) is 6.60. The summed E-state index contributed by atoms with van der Waals surface area (Å²) < 4.78 is 5.71. The third-order valence-electron chi connectivity index (χ3n) is 4.73. The van der Waals surface area contributed by atoms with Crippen LogP contribution in [0.5, 0.6) is 5.75 Å². The van der Waals surface area contributed by atoms with Crippen LogP contribution in [-0.4, -0.2) is 29.9 Å². The number of benzene rings is 1. The molecule has 0 fully saturated rings. The van der Waals surface area contributed by atoms with Gasteiger partial charge in [0, 0.05) is 29.8 Å². The number of ether oxygens (including phenoxy) is 1. The van der Waals surface area contributed by atoms with E-state index in [0.717, 1.165) is 28.3 Å². The minimum absolute atomic E-state index is 0.0446. The van der Waals surface area contributed by atoms with Crippen molar-refractivity contribution in [3.05, 3.63) is 70.7 Å². The number of nitrogens with one attached hydrogen (secondary N) is 2. The lowest BCUT2D eigenvalue weighted by molar-refractivity contribution is 0.0956. The molecule has 0 aliphatic carbocycles. The first kappa shape index (κ1) is 18.2. The molecule has 4 rings (SSSR count). The van der Waals surface area contributed by atoms with E-state index < -0.39 is 0 Å². The van der Waals surface area contributed by atoms with Gasteiger partial charge in [0.1, 0.15) is 11.6 Å². The average molecular weight is 392 g/mol. The highest BCUT2D eigenvalue weighted by atomic mass is 32.1. The second-order valence-corrected chi connectivity index (χ2v) is 7.68. The Morgan fingerprint density at radius 3 is 2.96 bits per heavy atom. The van der Waals surface area contributed by atoms with Crippen LogP contribution >= 0.6 is 11.3 Å². The molecule has 0 spiro atoms. The first-order chi connectivity index (χ1) is 13.6. The SMILES string of the molecule is N=C(N)c1ccc2c(c1)C(CCNC(=O)c1ccc(-c3ccccn3)s1)CO2. The van der Waals surface area contributed by atoms with Crippen molar-refractivity contribution in [3.8, 4) is 16.3 Å². The van der Waals surface area contributed by atoms with Gasteiger partial charge in [0.2, 0.25) is 0 Å². The lowest BCUT2D eigenvalue weighted by Crippen LogP contribution is -2.25. The van der Waals surface area contributed by atoms with Gasteiger partial charge in [-0.3, -0.25) is 15.2 Å². The van der Waals surface area contributed by atoms with Crippen LogP contribution in [-0.2, 0) is 0 Å². The largest absolute Gasteiger partial charge is 0.493 e. The zero-order chi connectivity index (χ0) is 19.5. The third kappa shape index (κ3) is 3.75. The van der Waals surface area contributed by atoms with E-state index in [0.29, 0.717) is 23.6 Å². The number of nitrogen functional groups attached to an aromatic ring is 1. The zero-order valence-corrected chi connectivity index (χ0v) is 16.0. The van der Waals surface area contributed by atoms with Gasteiger partial charge in [-0.2, -0.15) is 0 Å². The first-order valence-electron chi connectivity index (χ1n) is 9.02. The van der Waals surface area contributed by atoms with E-state index in [1.807, 2.05) is 42.5 Å². The molecule has 142 valence electrons. The molecule has 1 aliphatic rings. The predicted molar refractivity (Wildman–Crippen MR) is 110 cm³/mol. The van der Waals surface area contributed by atoms with E-state index in [2.05, 4.69) is 10.3 Å². The number of aromatic nitrogens is 1. The van der Waals surface area contributed by atoms with E-state index in [1.54, 1.807) is 12.3 Å². The van der Waals surface area contributed by atoms with Crippen LogP contribution in [0.3, 0.4) is 0 Å². The molecule has 3 aromatic rings. The normalized spacial score (nSPS) is 14.9. The predicted octanol–water partition coefficient (Wildman–Crippen LogP) is 3.39. The molecule has 0 saturated heterocycles. The number of fused-ring (bicyclic) bond motifs is 1. The van der Waals surface area contributed by atoms with Crippen LogP contribution in [0, 0.1) is 5.41 Å². The highest BCUT2D eigenvalue weighted by Gasteiger charge is 2.24. The number of amides is 1. The standard InChI is InChI=1S/C21H20N4O2S/c22-20(23)13-4-5-17-15(11-13)14(12-27-17)8-10-25-21(26)19-7-6-18(28-19)16-3-1-2-9-24-16/h1-7,9,11,14H,8,10,12H2,(H3,22,23)(H,25,26). The fourth-order valence-electron chi connectivity index (χ4n) is 3.24. The Morgan fingerprint density at radius 2 is 2.18 bits per heavy atom. The quantitative estimate of drug-likeness (QED) is 0.442. The first-order valence-corrected chi connectivity index (χ1v) is 9.84. The average Bonchev–Trinajstić information content (AvgIpc) is 3.36. The summed E-state index contributed by atoms with van der Waals surface area (Å²) in [6.45, 7) is 1.13. The molecule has 4 N–H and O–H groups in total. The summed E-state index contributed by atoms with van der Waals surface area (Å²) in [7, 11) is 0. The molecule has 3 heterocycles. The Balaban J connectivity index is 1.35. The Kier molecular flexibility index (Phi) is 5.08. The number of nitrogens with two attached hydrogens (primary N) is 1. The molecule has 0 saturated carbocycles. The summed E-state index contributed by atoms with van der Waals surface area (Å²) in [5.74, 6) is 0.980. The number of hydrogen-bond acceptors (Lipinski definition) is 5. The van der Waals surface area contributed by atoms with Gasteiger partial charge >= 0.3 is 0 Å². The van der Waals surface area contributed by atoms with E-state index in [4.69, 9.17) is 15.9 Å². The van der Waals surface area contributed by atoms with Gasteiger partial charge in [-0.15, -0.1) is 11.3 Å². The summed E-state index contributed by atoms with van der Waals surface area (Å²) >= 11 is 1.43. The molecule has 2 aromatic heterocycles. The molecule has 1 amide bonds. The van der Waals surface area contributed by atoms with Crippen LogP contribution in [0.15, 0.2) is 54.7 Å². The summed E-state index contributed by atoms with van der Waals surface area (Å²) in [6, 6.07) is 15.0. The van der Waals surface area contributed by atoms with Crippen molar-refractivity contribution < 1.29 is 9.53 Å². The number of thiophene rings is 1. The number of rotatable bonds is 6. The molecule has 6 nitrogen and oxygen atoms in total. The maximum Gasteiger partial charge on any atom is 0.261 e. The van der Waals surface area contributed by atoms with E-state index in [1.165, 1.54) is 11.3 Å². The zero-order valence-electron chi connectivity index (χ0n) is 15.1. The minimum Gasteiger partial charge on any atom is -0.493 e. The monoisotopic (exact) mass is 392 g/mol. The Bertz CT molecular complexity index is 1020. The van der Waals surface area contributed by atoms with Crippen molar-refractivity contribution in [1.82, 2.24) is 10.3 Å². The van der Waals surface area contributed by atoms with E-state index in [-0.39, 0.29) is 17.7 Å². The molecular formula is C21H20N4O2S. The van der Waals surface area contributed by atoms with Gasteiger partial charge in [-0.05, 0) is 48.9 Å². The van der Waals surface area contributed by atoms with Gasteiger partial charge in [0.15, 0.2) is 0 Å². The molecule has 0 radical (unpaired) electrons. The highest BCUT2D eigenvalue weighted by molar-refractivity contribution is 7.17. The fourth-order valence-corrected chi connectivity index (χ4v) is 4.14. The number of nitrogens with zero attached hydrogens (tertiary/aromatic N) is 1. The summed E-state index contributed by atoms with van der Waals surface area (Å²) in [4.78, 5) is 18.4. The Hall–Kier alpha value is -3.19. The van der Waals surface area contributed by atoms with Crippen molar-refractivity contribution in [1.29, 1.82) is 5.41 Å². The Labute approximate surface area is 166 Å². The molecule has 1 aliphatic heterocycles. The lowest BCUT2D eigenvalue weighted by Gasteiger charge is -2.10. The van der Waals surface area contributed by atoms with Gasteiger partial charge in [0.25, 0.3) is 5.91 Å². The van der Waals surface area contributed by atoms with Crippen LogP contribution in [0.25, 0.3) is 10.6 Å². The molecular weight excluding hydrogens is 372 g/mol. The summed E-state index contributed by atoms with van der Waals surface area (Å²) in [6.07, 6.45) is 2.51. The van der Waals surface area contributed by atoms with Crippen molar-refractivity contribution in [2.75, 3.05) is 13.2 Å². The maximum atomic E-state index is 12.5. The summed E-state index contributed by atoms with van der Waals surface area (Å²) in [5, 5.41) is 10.6. The maximum absolute atomic E-state index is 12.5. The number of carbonyl (C=O) groups excluding carboxylic acids is 1.